The van der Waals surface area contributed by atoms with Gasteiger partial charge >= 0.3 is 6.18 Å². The van der Waals surface area contributed by atoms with Crippen molar-refractivity contribution in [1.29, 1.82) is 0 Å². The Morgan fingerprint density at radius 2 is 1.64 bits per heavy atom. The summed E-state index contributed by atoms with van der Waals surface area (Å²) in [4.78, 5) is 23.3. The highest BCUT2D eigenvalue weighted by atomic mass is 79.9. The summed E-state index contributed by atoms with van der Waals surface area (Å²) in [6.07, 6.45) is -4.52. The van der Waals surface area contributed by atoms with Crippen molar-refractivity contribution in [3.63, 3.8) is 0 Å². The lowest BCUT2D eigenvalue weighted by atomic mass is 10.2. The van der Waals surface area contributed by atoms with Crippen LogP contribution in [0.4, 0.5) is 13.2 Å². The lowest BCUT2D eigenvalue weighted by Gasteiger charge is -2.11. The van der Waals surface area contributed by atoms with Crippen LogP contribution < -0.4 is 20.3 Å². The number of hydrazine groups is 1. The van der Waals surface area contributed by atoms with E-state index in [9.17, 15) is 22.8 Å². The summed E-state index contributed by atoms with van der Waals surface area (Å²) in [6, 6.07) is 8.80. The third-order valence-electron chi connectivity index (χ3n) is 3.13. The Labute approximate surface area is 171 Å². The molecule has 6 nitrogen and oxygen atoms in total. The SMILES string of the molecule is O=C(COc1cccc(C(F)(F)F)c1)NNC(=O)COc1ccc(Cl)cc1Br. The van der Waals surface area contributed by atoms with E-state index < -0.39 is 36.8 Å². The van der Waals surface area contributed by atoms with E-state index in [1.54, 1.807) is 18.2 Å². The van der Waals surface area contributed by atoms with Crippen LogP contribution in [-0.4, -0.2) is 25.0 Å². The minimum atomic E-state index is -4.52. The van der Waals surface area contributed by atoms with Gasteiger partial charge in [-0.15, -0.1) is 0 Å². The molecule has 150 valence electrons. The molecule has 0 spiro atoms. The Morgan fingerprint density at radius 1 is 1.00 bits per heavy atom. The Balaban J connectivity index is 1.74. The first-order chi connectivity index (χ1) is 13.1. The molecule has 0 aromatic heterocycles. The molecule has 2 aromatic rings. The number of carbonyl (C=O) groups is 2. The summed E-state index contributed by atoms with van der Waals surface area (Å²) in [6.45, 7) is -0.986. The molecule has 0 unspecified atom stereocenters. The van der Waals surface area contributed by atoms with Crippen molar-refractivity contribution in [2.24, 2.45) is 0 Å². The van der Waals surface area contributed by atoms with Crippen LogP contribution in [0.5, 0.6) is 11.5 Å². The van der Waals surface area contributed by atoms with Gasteiger partial charge in [-0.2, -0.15) is 13.2 Å². The smallest absolute Gasteiger partial charge is 0.416 e. The molecule has 2 rings (SSSR count). The van der Waals surface area contributed by atoms with E-state index in [2.05, 4.69) is 26.8 Å². The van der Waals surface area contributed by atoms with Gasteiger partial charge in [0.2, 0.25) is 0 Å². The zero-order valence-corrected chi connectivity index (χ0v) is 16.3. The fraction of sp³-hybridized carbons (Fsp3) is 0.176. The monoisotopic (exact) mass is 480 g/mol. The number of halogens is 5. The second kappa shape index (κ2) is 9.65. The molecule has 0 atom stereocenters. The molecule has 0 fully saturated rings. The average Bonchev–Trinajstić information content (AvgIpc) is 2.63. The minimum Gasteiger partial charge on any atom is -0.484 e. The van der Waals surface area contributed by atoms with Gasteiger partial charge in [0.25, 0.3) is 11.8 Å². The summed E-state index contributed by atoms with van der Waals surface area (Å²) in [5, 5.41) is 0.483. The standard InChI is InChI=1S/C17H13BrClF3N2O4/c18-13-7-11(19)4-5-14(13)28-9-16(26)24-23-15(25)8-27-12-3-1-2-10(6-12)17(20,21)22/h1-7H,8-9H2,(H,23,25)(H,24,26). The summed E-state index contributed by atoms with van der Waals surface area (Å²) < 4.78 is 48.6. The van der Waals surface area contributed by atoms with Crippen LogP contribution in [0, 0.1) is 0 Å². The second-order valence-electron chi connectivity index (χ2n) is 5.27. The predicted octanol–water partition coefficient (Wildman–Crippen LogP) is 3.73. The third-order valence-corrected chi connectivity index (χ3v) is 3.98. The van der Waals surface area contributed by atoms with Gasteiger partial charge in [0.05, 0.1) is 10.0 Å². The number of ether oxygens (including phenoxy) is 2. The molecule has 2 amide bonds. The zero-order valence-electron chi connectivity index (χ0n) is 14.0. The highest BCUT2D eigenvalue weighted by molar-refractivity contribution is 9.10. The van der Waals surface area contributed by atoms with Crippen LogP contribution >= 0.6 is 27.5 Å². The summed E-state index contributed by atoms with van der Waals surface area (Å²) in [7, 11) is 0. The van der Waals surface area contributed by atoms with Crippen LogP contribution in [0.3, 0.4) is 0 Å². The van der Waals surface area contributed by atoms with E-state index in [4.69, 9.17) is 21.1 Å². The molecule has 0 saturated carbocycles. The number of hydrogen-bond acceptors (Lipinski definition) is 4. The Hall–Kier alpha value is -2.46. The maximum atomic E-state index is 12.6. The minimum absolute atomic E-state index is 0.132. The third kappa shape index (κ3) is 6.93. The van der Waals surface area contributed by atoms with Gasteiger partial charge in [-0.05, 0) is 52.3 Å². The molecule has 0 saturated heterocycles. The van der Waals surface area contributed by atoms with Crippen molar-refractivity contribution >= 4 is 39.3 Å². The average molecular weight is 482 g/mol. The maximum absolute atomic E-state index is 12.6. The Morgan fingerprint density at radius 3 is 2.25 bits per heavy atom. The molecule has 0 aliphatic carbocycles. The number of alkyl halides is 3. The summed E-state index contributed by atoms with van der Waals surface area (Å²) in [5.41, 5.74) is 3.25. The van der Waals surface area contributed by atoms with Gasteiger partial charge in [-0.25, -0.2) is 0 Å². The number of carbonyl (C=O) groups excluding carboxylic acids is 2. The first-order valence-corrected chi connectivity index (χ1v) is 8.78. The molecule has 0 radical (unpaired) electrons. The van der Waals surface area contributed by atoms with Gasteiger partial charge in [0, 0.05) is 5.02 Å². The van der Waals surface area contributed by atoms with Crippen molar-refractivity contribution in [2.45, 2.75) is 6.18 Å². The number of nitrogens with one attached hydrogen (secondary N) is 2. The molecule has 0 bridgehead atoms. The van der Waals surface area contributed by atoms with Crippen LogP contribution in [0.15, 0.2) is 46.9 Å². The van der Waals surface area contributed by atoms with Crippen molar-refractivity contribution < 1.29 is 32.2 Å². The molecule has 11 heteroatoms. The van der Waals surface area contributed by atoms with Crippen LogP contribution in [0.1, 0.15) is 5.56 Å². The van der Waals surface area contributed by atoms with E-state index in [1.165, 1.54) is 6.07 Å². The van der Waals surface area contributed by atoms with Gasteiger partial charge in [-0.1, -0.05) is 17.7 Å². The fourth-order valence-corrected chi connectivity index (χ4v) is 2.66. The molecular weight excluding hydrogens is 469 g/mol. The Bertz CT molecular complexity index is 865. The topological polar surface area (TPSA) is 76.7 Å². The molecule has 28 heavy (non-hydrogen) atoms. The fourth-order valence-electron chi connectivity index (χ4n) is 1.86. The van der Waals surface area contributed by atoms with Crippen LogP contribution in [0.25, 0.3) is 0 Å². The second-order valence-corrected chi connectivity index (χ2v) is 6.56. The van der Waals surface area contributed by atoms with Gasteiger partial charge in [-0.3, -0.25) is 20.4 Å². The van der Waals surface area contributed by atoms with E-state index >= 15 is 0 Å². The maximum Gasteiger partial charge on any atom is 0.416 e. The normalized spacial score (nSPS) is 10.9. The lowest BCUT2D eigenvalue weighted by molar-refractivity contribution is -0.137. The van der Waals surface area contributed by atoms with Crippen molar-refractivity contribution in [3.8, 4) is 11.5 Å². The lowest BCUT2D eigenvalue weighted by Crippen LogP contribution is -2.45. The highest BCUT2D eigenvalue weighted by Gasteiger charge is 2.30. The first kappa shape index (κ1) is 21.8. The number of rotatable bonds is 6. The van der Waals surface area contributed by atoms with E-state index in [-0.39, 0.29) is 5.75 Å². The first-order valence-electron chi connectivity index (χ1n) is 7.61. The van der Waals surface area contributed by atoms with E-state index in [1.807, 2.05) is 0 Å². The molecule has 2 aromatic carbocycles. The molecule has 2 N–H and O–H groups in total. The molecule has 0 aliphatic rings. The zero-order chi connectivity index (χ0) is 20.7. The largest absolute Gasteiger partial charge is 0.484 e. The molecule has 0 aliphatic heterocycles. The van der Waals surface area contributed by atoms with E-state index in [0.717, 1.165) is 18.2 Å². The van der Waals surface area contributed by atoms with Crippen LogP contribution in [-0.2, 0) is 15.8 Å². The predicted molar refractivity (Wildman–Crippen MR) is 97.9 cm³/mol. The molecule has 0 heterocycles. The van der Waals surface area contributed by atoms with Crippen molar-refractivity contribution in [1.82, 2.24) is 10.9 Å². The van der Waals surface area contributed by atoms with Gasteiger partial charge in [0.15, 0.2) is 13.2 Å². The van der Waals surface area contributed by atoms with Gasteiger partial charge < -0.3 is 9.47 Å². The highest BCUT2D eigenvalue weighted by Crippen LogP contribution is 2.31. The number of hydrogen-bond donors (Lipinski definition) is 2. The summed E-state index contributed by atoms with van der Waals surface area (Å²) in [5.74, 6) is -1.18. The van der Waals surface area contributed by atoms with Crippen molar-refractivity contribution in [3.05, 3.63) is 57.5 Å². The van der Waals surface area contributed by atoms with E-state index in [0.29, 0.717) is 15.2 Å². The van der Waals surface area contributed by atoms with Crippen molar-refractivity contribution in [2.75, 3.05) is 13.2 Å². The molecular formula is C17H13BrClF3N2O4. The Kier molecular flexibility index (Phi) is 7.53. The quantitative estimate of drug-likeness (QED) is 0.617. The van der Waals surface area contributed by atoms with Crippen LogP contribution in [0.2, 0.25) is 5.02 Å². The number of amides is 2. The number of benzene rings is 2. The summed E-state index contributed by atoms with van der Waals surface area (Å²) >= 11 is 9.01. The van der Waals surface area contributed by atoms with Gasteiger partial charge in [0.1, 0.15) is 11.5 Å².